The third-order valence-corrected chi connectivity index (χ3v) is 3.41. The van der Waals surface area contributed by atoms with Crippen molar-refractivity contribution < 1.29 is 32.9 Å². The predicted octanol–water partition coefficient (Wildman–Crippen LogP) is -0.436. The average Bonchev–Trinajstić information content (AvgIpc) is 3.01. The molecule has 4 atom stereocenters. The van der Waals surface area contributed by atoms with Gasteiger partial charge in [0, 0.05) is 0 Å². The second-order valence-corrected chi connectivity index (χ2v) is 4.89. The summed E-state index contributed by atoms with van der Waals surface area (Å²) >= 11 is 0. The van der Waals surface area contributed by atoms with E-state index in [1.54, 1.807) is 0 Å². The SMILES string of the molecule is Nc1ncnc2c1ncn2[C@@H]1O[C@H](COC(F)(F)F)[C@@H](O)[C@@H]1O. The zero-order valence-electron chi connectivity index (χ0n) is 11.4. The summed E-state index contributed by atoms with van der Waals surface area (Å²) in [7, 11) is 0. The lowest BCUT2D eigenvalue weighted by molar-refractivity contribution is -0.333. The molecule has 2 aromatic rings. The van der Waals surface area contributed by atoms with E-state index in [2.05, 4.69) is 19.7 Å². The van der Waals surface area contributed by atoms with Crippen molar-refractivity contribution in [3.8, 4) is 0 Å². The number of rotatable bonds is 3. The smallest absolute Gasteiger partial charge is 0.387 e. The molecule has 0 aromatic carbocycles. The van der Waals surface area contributed by atoms with Crippen LogP contribution in [-0.4, -0.2) is 61.0 Å². The van der Waals surface area contributed by atoms with E-state index in [9.17, 15) is 23.4 Å². The summed E-state index contributed by atoms with van der Waals surface area (Å²) in [5, 5.41) is 19.9. The Bertz CT molecular complexity index is 709. The summed E-state index contributed by atoms with van der Waals surface area (Å²) in [6, 6.07) is 0. The fourth-order valence-electron chi connectivity index (χ4n) is 2.33. The Kier molecular flexibility index (Phi) is 3.83. The van der Waals surface area contributed by atoms with Crippen LogP contribution in [0.5, 0.6) is 0 Å². The second kappa shape index (κ2) is 5.56. The Balaban J connectivity index is 1.84. The van der Waals surface area contributed by atoms with Crippen LogP contribution in [0.25, 0.3) is 11.2 Å². The molecule has 1 aliphatic rings. The van der Waals surface area contributed by atoms with Crippen LogP contribution < -0.4 is 5.73 Å². The number of halogens is 3. The van der Waals surface area contributed by atoms with E-state index >= 15 is 0 Å². The molecule has 0 spiro atoms. The van der Waals surface area contributed by atoms with Gasteiger partial charge >= 0.3 is 6.36 Å². The number of imidazole rings is 1. The third-order valence-electron chi connectivity index (χ3n) is 3.41. The number of ether oxygens (including phenoxy) is 2. The molecule has 3 heterocycles. The Morgan fingerprint density at radius 2 is 2.00 bits per heavy atom. The van der Waals surface area contributed by atoms with Crippen LogP contribution >= 0.6 is 0 Å². The molecule has 1 aliphatic heterocycles. The summed E-state index contributed by atoms with van der Waals surface area (Å²) in [4.78, 5) is 11.6. The number of aliphatic hydroxyl groups is 2. The topological polar surface area (TPSA) is 129 Å². The van der Waals surface area contributed by atoms with Gasteiger partial charge in [-0.3, -0.25) is 9.30 Å². The molecule has 0 radical (unpaired) electrons. The standard InChI is InChI=1S/C11H12F3N5O4/c12-11(13,14)22-1-4-6(20)7(21)10(23-4)19-3-18-5-8(15)16-2-17-9(5)19/h2-4,6-7,10,20-21H,1H2,(H2,15,16,17)/t4-,6-,7+,10-/m1/s1. The number of fused-ring (bicyclic) bond motifs is 1. The fourth-order valence-corrected chi connectivity index (χ4v) is 2.33. The number of anilines is 1. The molecule has 0 bridgehead atoms. The largest absolute Gasteiger partial charge is 0.522 e. The van der Waals surface area contributed by atoms with Crippen molar-refractivity contribution in [2.75, 3.05) is 12.3 Å². The normalized spacial score (nSPS) is 28.6. The van der Waals surface area contributed by atoms with Gasteiger partial charge < -0.3 is 20.7 Å². The van der Waals surface area contributed by atoms with Crippen LogP contribution in [0.15, 0.2) is 12.7 Å². The zero-order chi connectivity index (χ0) is 16.8. The zero-order valence-corrected chi connectivity index (χ0v) is 11.4. The second-order valence-electron chi connectivity index (χ2n) is 4.89. The van der Waals surface area contributed by atoms with Crippen LogP contribution in [-0.2, 0) is 9.47 Å². The van der Waals surface area contributed by atoms with E-state index in [1.807, 2.05) is 0 Å². The van der Waals surface area contributed by atoms with E-state index < -0.39 is 37.5 Å². The van der Waals surface area contributed by atoms with Gasteiger partial charge in [-0.2, -0.15) is 0 Å². The van der Waals surface area contributed by atoms with Crippen molar-refractivity contribution >= 4 is 17.0 Å². The highest BCUT2D eigenvalue weighted by molar-refractivity contribution is 5.81. The first kappa shape index (κ1) is 15.9. The van der Waals surface area contributed by atoms with Gasteiger partial charge in [0.1, 0.15) is 30.2 Å². The van der Waals surface area contributed by atoms with Gasteiger partial charge in [0.25, 0.3) is 0 Å². The third kappa shape index (κ3) is 2.93. The number of hydrogen-bond acceptors (Lipinski definition) is 8. The van der Waals surface area contributed by atoms with Crippen molar-refractivity contribution in [3.05, 3.63) is 12.7 Å². The molecule has 12 heteroatoms. The summed E-state index contributed by atoms with van der Waals surface area (Å²) < 4.78 is 46.4. The van der Waals surface area contributed by atoms with E-state index in [0.717, 1.165) is 6.33 Å². The maximum absolute atomic E-state index is 12.1. The van der Waals surface area contributed by atoms with Crippen molar-refractivity contribution in [2.24, 2.45) is 0 Å². The quantitative estimate of drug-likeness (QED) is 0.689. The molecule has 1 saturated heterocycles. The van der Waals surface area contributed by atoms with E-state index in [-0.39, 0.29) is 17.0 Å². The first-order valence-electron chi connectivity index (χ1n) is 6.43. The number of hydrogen-bond donors (Lipinski definition) is 3. The number of aliphatic hydroxyl groups excluding tert-OH is 2. The van der Waals surface area contributed by atoms with Crippen LogP contribution in [0.1, 0.15) is 6.23 Å². The molecule has 0 unspecified atom stereocenters. The minimum absolute atomic E-state index is 0.0961. The van der Waals surface area contributed by atoms with Crippen molar-refractivity contribution in [1.29, 1.82) is 0 Å². The van der Waals surface area contributed by atoms with E-state index in [4.69, 9.17) is 10.5 Å². The Labute approximate surface area is 126 Å². The number of nitrogens with two attached hydrogens (primary N) is 1. The van der Waals surface area contributed by atoms with Gasteiger partial charge in [-0.1, -0.05) is 0 Å². The lowest BCUT2D eigenvalue weighted by Gasteiger charge is -2.16. The molecule has 2 aromatic heterocycles. The molecular formula is C11H12F3N5O4. The van der Waals surface area contributed by atoms with E-state index in [0.29, 0.717) is 0 Å². The molecule has 9 nitrogen and oxygen atoms in total. The minimum atomic E-state index is -4.87. The fraction of sp³-hybridized carbons (Fsp3) is 0.545. The summed E-state index contributed by atoms with van der Waals surface area (Å²) in [6.07, 6.45) is -8.08. The van der Waals surface area contributed by atoms with Crippen LogP contribution in [0, 0.1) is 0 Å². The predicted molar refractivity (Wildman–Crippen MR) is 67.7 cm³/mol. The van der Waals surface area contributed by atoms with Crippen LogP contribution in [0.2, 0.25) is 0 Å². The first-order valence-corrected chi connectivity index (χ1v) is 6.43. The van der Waals surface area contributed by atoms with Crippen molar-refractivity contribution in [1.82, 2.24) is 19.5 Å². The molecule has 0 aliphatic carbocycles. The number of aromatic nitrogens is 4. The maximum atomic E-state index is 12.1. The molecular weight excluding hydrogens is 323 g/mol. The Morgan fingerprint density at radius 1 is 1.26 bits per heavy atom. The molecule has 0 saturated carbocycles. The monoisotopic (exact) mass is 335 g/mol. The van der Waals surface area contributed by atoms with Gasteiger partial charge in [0.15, 0.2) is 17.7 Å². The van der Waals surface area contributed by atoms with Gasteiger partial charge in [0.05, 0.1) is 12.9 Å². The van der Waals surface area contributed by atoms with Gasteiger partial charge in [-0.15, -0.1) is 13.2 Å². The summed E-state index contributed by atoms with van der Waals surface area (Å²) in [5.74, 6) is 0.0961. The lowest BCUT2D eigenvalue weighted by atomic mass is 10.1. The number of nitrogen functional groups attached to an aromatic ring is 1. The highest BCUT2D eigenvalue weighted by atomic mass is 19.4. The molecule has 23 heavy (non-hydrogen) atoms. The molecule has 3 rings (SSSR count). The molecule has 1 fully saturated rings. The average molecular weight is 335 g/mol. The number of alkyl halides is 3. The van der Waals surface area contributed by atoms with Gasteiger partial charge in [0.2, 0.25) is 0 Å². The van der Waals surface area contributed by atoms with E-state index in [1.165, 1.54) is 10.9 Å². The highest BCUT2D eigenvalue weighted by Crippen LogP contribution is 2.32. The Hall–Kier alpha value is -2.02. The summed E-state index contributed by atoms with van der Waals surface area (Å²) in [6.45, 7) is -0.956. The lowest BCUT2D eigenvalue weighted by Crippen LogP contribution is -2.35. The number of nitrogens with zero attached hydrogens (tertiary/aromatic N) is 4. The first-order chi connectivity index (χ1) is 10.8. The molecule has 126 valence electrons. The van der Waals surface area contributed by atoms with Crippen LogP contribution in [0.4, 0.5) is 19.0 Å². The van der Waals surface area contributed by atoms with Crippen LogP contribution in [0.3, 0.4) is 0 Å². The van der Waals surface area contributed by atoms with Crippen molar-refractivity contribution in [3.63, 3.8) is 0 Å². The Morgan fingerprint density at radius 3 is 2.70 bits per heavy atom. The summed E-state index contributed by atoms with van der Waals surface area (Å²) in [5.41, 5.74) is 6.09. The minimum Gasteiger partial charge on any atom is -0.387 e. The van der Waals surface area contributed by atoms with Gasteiger partial charge in [-0.05, 0) is 0 Å². The maximum Gasteiger partial charge on any atom is 0.522 e. The molecule has 4 N–H and O–H groups in total. The molecule has 0 amide bonds. The van der Waals surface area contributed by atoms with Crippen molar-refractivity contribution in [2.45, 2.75) is 30.9 Å². The van der Waals surface area contributed by atoms with Gasteiger partial charge in [-0.25, -0.2) is 15.0 Å². The highest BCUT2D eigenvalue weighted by Gasteiger charge is 2.46.